The van der Waals surface area contributed by atoms with Crippen LogP contribution < -0.4 is 0 Å². The van der Waals surface area contributed by atoms with Crippen LogP contribution >= 0.6 is 0 Å². The Morgan fingerprint density at radius 1 is 0.903 bits per heavy atom. The van der Waals surface area contributed by atoms with Gasteiger partial charge in [0, 0.05) is 10.9 Å². The molecule has 1 nitrogen and oxygen atoms in total. The molecule has 0 N–H and O–H groups in total. The van der Waals surface area contributed by atoms with Gasteiger partial charge < -0.3 is 0 Å². The molecule has 1 aliphatic carbocycles. The van der Waals surface area contributed by atoms with E-state index < -0.39 is 23.0 Å². The molecule has 0 bridgehead atoms. The molecule has 1 fully saturated rings. The molecule has 4 heteroatoms. The molecule has 0 spiro atoms. The van der Waals surface area contributed by atoms with E-state index in [0.717, 1.165) is 23.4 Å². The van der Waals surface area contributed by atoms with Gasteiger partial charge >= 0.3 is 0 Å². The lowest BCUT2D eigenvalue weighted by atomic mass is 9.77. The number of fused-ring (bicyclic) bond motifs is 1. The van der Waals surface area contributed by atoms with Gasteiger partial charge in [-0.3, -0.25) is 0 Å². The molecule has 0 unspecified atom stereocenters. The Morgan fingerprint density at radius 2 is 1.61 bits per heavy atom. The van der Waals surface area contributed by atoms with Crippen molar-refractivity contribution in [2.24, 2.45) is 5.92 Å². The van der Waals surface area contributed by atoms with Gasteiger partial charge in [-0.1, -0.05) is 49.5 Å². The summed E-state index contributed by atoms with van der Waals surface area (Å²) in [6, 6.07) is 12.7. The molecular formula is C27H22F3N. The Labute approximate surface area is 180 Å². The second kappa shape index (κ2) is 8.86. The van der Waals surface area contributed by atoms with Gasteiger partial charge in [0.25, 0.3) is 0 Å². The average Bonchev–Trinajstić information content (AvgIpc) is 2.78. The Bertz CT molecular complexity index is 1210. The number of halogens is 3. The molecule has 1 saturated carbocycles. The zero-order valence-corrected chi connectivity index (χ0v) is 17.3. The second-order valence-electron chi connectivity index (χ2n) is 8.21. The molecule has 0 atom stereocenters. The van der Waals surface area contributed by atoms with Crippen LogP contribution in [0.4, 0.5) is 13.2 Å². The van der Waals surface area contributed by atoms with Gasteiger partial charge in [0.05, 0.1) is 5.56 Å². The molecule has 3 aromatic carbocycles. The fourth-order valence-electron chi connectivity index (χ4n) is 4.46. The molecule has 31 heavy (non-hydrogen) atoms. The maximum atomic E-state index is 15.0. The largest absolute Gasteiger partial charge is 0.205 e. The summed E-state index contributed by atoms with van der Waals surface area (Å²) >= 11 is 0. The minimum absolute atomic E-state index is 0.0477. The maximum Gasteiger partial charge on any atom is 0.146 e. The highest BCUT2D eigenvalue weighted by Gasteiger charge is 2.21. The third-order valence-electron chi connectivity index (χ3n) is 6.37. The first-order chi connectivity index (χ1) is 15.0. The lowest BCUT2D eigenvalue weighted by Gasteiger charge is -2.28. The SMILES string of the molecule is CCC1CCC(c2ccc3c(F)c(C#Cc4cc(F)c(C#N)c(F)c4)ccc3c2)CC1. The highest BCUT2D eigenvalue weighted by Crippen LogP contribution is 2.38. The topological polar surface area (TPSA) is 23.8 Å². The van der Waals surface area contributed by atoms with E-state index in [-0.39, 0.29) is 11.1 Å². The fourth-order valence-corrected chi connectivity index (χ4v) is 4.46. The van der Waals surface area contributed by atoms with Crippen molar-refractivity contribution in [2.75, 3.05) is 0 Å². The lowest BCUT2D eigenvalue weighted by Crippen LogP contribution is -2.12. The van der Waals surface area contributed by atoms with Crippen molar-refractivity contribution in [2.45, 2.75) is 44.9 Å². The van der Waals surface area contributed by atoms with E-state index >= 15 is 4.39 Å². The van der Waals surface area contributed by atoms with E-state index in [1.165, 1.54) is 43.7 Å². The first-order valence-corrected chi connectivity index (χ1v) is 10.6. The maximum absolute atomic E-state index is 15.0. The minimum Gasteiger partial charge on any atom is -0.205 e. The number of hydrogen-bond donors (Lipinski definition) is 0. The van der Waals surface area contributed by atoms with Crippen LogP contribution in [0.1, 0.15) is 67.2 Å². The molecule has 4 rings (SSSR count). The van der Waals surface area contributed by atoms with Crippen LogP contribution in [-0.4, -0.2) is 0 Å². The zero-order valence-electron chi connectivity index (χ0n) is 17.3. The average molecular weight is 417 g/mol. The van der Waals surface area contributed by atoms with Gasteiger partial charge in [0.1, 0.15) is 29.1 Å². The fraction of sp³-hybridized carbons (Fsp3) is 0.296. The molecule has 0 radical (unpaired) electrons. The molecular weight excluding hydrogens is 395 g/mol. The van der Waals surface area contributed by atoms with E-state index in [1.54, 1.807) is 12.1 Å². The van der Waals surface area contributed by atoms with E-state index in [9.17, 15) is 8.78 Å². The predicted molar refractivity (Wildman–Crippen MR) is 116 cm³/mol. The molecule has 3 aromatic rings. The molecule has 0 saturated heterocycles. The summed E-state index contributed by atoms with van der Waals surface area (Å²) in [5.41, 5.74) is 0.811. The Hall–Kier alpha value is -3.24. The lowest BCUT2D eigenvalue weighted by molar-refractivity contribution is 0.319. The number of benzene rings is 3. The van der Waals surface area contributed by atoms with Gasteiger partial charge in [0.15, 0.2) is 0 Å². The van der Waals surface area contributed by atoms with Crippen molar-refractivity contribution in [3.8, 4) is 17.9 Å². The quantitative estimate of drug-likeness (QED) is 0.404. The van der Waals surface area contributed by atoms with Crippen molar-refractivity contribution in [3.05, 3.63) is 82.2 Å². The third kappa shape index (κ3) is 4.30. The number of rotatable bonds is 2. The van der Waals surface area contributed by atoms with Crippen molar-refractivity contribution < 1.29 is 13.2 Å². The first kappa shape index (κ1) is 21.0. The molecule has 0 aliphatic heterocycles. The Kier molecular flexibility index (Phi) is 6.01. The smallest absolute Gasteiger partial charge is 0.146 e. The summed E-state index contributed by atoms with van der Waals surface area (Å²) in [6.45, 7) is 2.25. The van der Waals surface area contributed by atoms with Gasteiger partial charge in [-0.25, -0.2) is 13.2 Å². The highest BCUT2D eigenvalue weighted by molar-refractivity contribution is 5.85. The monoisotopic (exact) mass is 417 g/mol. The summed E-state index contributed by atoms with van der Waals surface area (Å²) in [7, 11) is 0. The van der Waals surface area contributed by atoms with Gasteiger partial charge in [-0.15, -0.1) is 0 Å². The van der Waals surface area contributed by atoms with Crippen molar-refractivity contribution in [1.82, 2.24) is 0 Å². The van der Waals surface area contributed by atoms with Crippen molar-refractivity contribution >= 4 is 10.8 Å². The number of nitriles is 1. The number of nitrogens with zero attached hydrogens (tertiary/aromatic N) is 1. The van der Waals surface area contributed by atoms with Crippen LogP contribution in [0.3, 0.4) is 0 Å². The van der Waals surface area contributed by atoms with Gasteiger partial charge in [-0.2, -0.15) is 5.26 Å². The molecule has 156 valence electrons. The number of hydrogen-bond acceptors (Lipinski definition) is 1. The summed E-state index contributed by atoms with van der Waals surface area (Å²) < 4.78 is 42.5. The zero-order chi connectivity index (χ0) is 22.0. The van der Waals surface area contributed by atoms with Crippen LogP contribution in [0.2, 0.25) is 0 Å². The van der Waals surface area contributed by atoms with Crippen LogP contribution in [-0.2, 0) is 0 Å². The van der Waals surface area contributed by atoms with Crippen LogP contribution in [0.5, 0.6) is 0 Å². The van der Waals surface area contributed by atoms with E-state index in [0.29, 0.717) is 11.3 Å². The second-order valence-corrected chi connectivity index (χ2v) is 8.21. The molecule has 1 aliphatic rings. The van der Waals surface area contributed by atoms with Gasteiger partial charge in [0.2, 0.25) is 0 Å². The molecule has 0 aromatic heterocycles. The van der Waals surface area contributed by atoms with E-state index in [2.05, 4.69) is 24.8 Å². The minimum atomic E-state index is -0.980. The van der Waals surface area contributed by atoms with Crippen molar-refractivity contribution in [1.29, 1.82) is 5.26 Å². The standard InChI is InChI=1S/C27H22F3N/c1-2-17-3-6-19(7-4-17)21-11-12-23-22(15-21)10-9-20(27(23)30)8-5-18-13-25(28)24(16-31)26(29)14-18/h9-15,17,19H,2-4,6-7H2,1H3. The molecule has 0 heterocycles. The Balaban J connectivity index is 1.61. The van der Waals surface area contributed by atoms with Crippen molar-refractivity contribution in [3.63, 3.8) is 0 Å². The summed E-state index contributed by atoms with van der Waals surface area (Å²) in [5, 5.41) is 10.1. The summed E-state index contributed by atoms with van der Waals surface area (Å²) in [4.78, 5) is 0. The first-order valence-electron chi connectivity index (χ1n) is 10.6. The van der Waals surface area contributed by atoms with Crippen LogP contribution in [0.15, 0.2) is 42.5 Å². The summed E-state index contributed by atoms with van der Waals surface area (Å²) in [5.74, 6) is 4.20. The van der Waals surface area contributed by atoms with Gasteiger partial charge in [-0.05, 0) is 66.7 Å². The van der Waals surface area contributed by atoms with E-state index in [4.69, 9.17) is 5.26 Å². The predicted octanol–water partition coefficient (Wildman–Crippen LogP) is 7.21. The van der Waals surface area contributed by atoms with Crippen LogP contribution in [0.25, 0.3) is 10.8 Å². The highest BCUT2D eigenvalue weighted by atomic mass is 19.1. The normalized spacial score (nSPS) is 18.3. The third-order valence-corrected chi connectivity index (χ3v) is 6.37. The summed E-state index contributed by atoms with van der Waals surface area (Å²) in [6.07, 6.45) is 6.08. The van der Waals surface area contributed by atoms with E-state index in [1.807, 2.05) is 12.1 Å². The molecule has 0 amide bonds. The van der Waals surface area contributed by atoms with Crippen LogP contribution in [0, 0.1) is 46.5 Å². The Morgan fingerprint density at radius 3 is 2.26 bits per heavy atom.